The molecule has 0 atom stereocenters. The summed E-state index contributed by atoms with van der Waals surface area (Å²) in [6, 6.07) is 22.7. The molecule has 0 saturated heterocycles. The smallest absolute Gasteiger partial charge is 0.308 e. The van der Waals surface area contributed by atoms with E-state index in [1.807, 2.05) is 48.5 Å². The van der Waals surface area contributed by atoms with Gasteiger partial charge in [0.05, 0.1) is 4.90 Å². The lowest BCUT2D eigenvalue weighted by atomic mass is 10.2. The van der Waals surface area contributed by atoms with Crippen LogP contribution in [0, 0.1) is 0 Å². The topological polar surface area (TPSA) is 113 Å². The molecule has 0 bridgehead atoms. The molecule has 3 aromatic carbocycles. The van der Waals surface area contributed by atoms with E-state index in [9.17, 15) is 13.2 Å². The number of sulfonamides is 1. The van der Waals surface area contributed by atoms with Crippen molar-refractivity contribution in [3.63, 3.8) is 0 Å². The van der Waals surface area contributed by atoms with Gasteiger partial charge in [-0.05, 0) is 66.0 Å². The number of carbonyl (C=O) groups excluding carboxylic acids is 1. The Hall–Kier alpha value is -2.85. The molecule has 0 radical (unpaired) electrons. The number of amides is 2. The Morgan fingerprint density at radius 1 is 0.862 bits per heavy atom. The normalized spacial score (nSPS) is 11.1. The van der Waals surface area contributed by atoms with Crippen molar-refractivity contribution in [2.24, 2.45) is 5.14 Å². The molecule has 0 aromatic heterocycles. The first-order valence-corrected chi connectivity index (χ1v) is 11.0. The van der Waals surface area contributed by atoms with Gasteiger partial charge >= 0.3 is 6.03 Å². The summed E-state index contributed by atoms with van der Waals surface area (Å²) in [5.41, 5.74) is 2.19. The van der Waals surface area contributed by atoms with Crippen LogP contribution in [0.15, 0.2) is 88.7 Å². The van der Waals surface area contributed by atoms with Crippen molar-refractivity contribution < 1.29 is 13.2 Å². The van der Waals surface area contributed by atoms with Crippen molar-refractivity contribution in [3.8, 4) is 0 Å². The Balaban J connectivity index is 1.49. The maximum atomic E-state index is 12.0. The molecule has 0 spiro atoms. The molecule has 0 saturated carbocycles. The second-order valence-corrected chi connectivity index (χ2v) is 8.61. The van der Waals surface area contributed by atoms with Crippen molar-refractivity contribution in [3.05, 3.63) is 84.4 Å². The Labute approximate surface area is 173 Å². The molecule has 0 heterocycles. The maximum absolute atomic E-state index is 12.0. The van der Waals surface area contributed by atoms with Crippen molar-refractivity contribution >= 4 is 39.4 Å². The van der Waals surface area contributed by atoms with E-state index in [4.69, 9.17) is 5.14 Å². The van der Waals surface area contributed by atoms with Crippen LogP contribution in [-0.2, 0) is 16.6 Å². The van der Waals surface area contributed by atoms with Gasteiger partial charge in [-0.3, -0.25) is 4.72 Å². The second kappa shape index (κ2) is 9.57. The fourth-order valence-corrected chi connectivity index (χ4v) is 3.72. The molecule has 2 amide bonds. The van der Waals surface area contributed by atoms with E-state index in [0.29, 0.717) is 17.9 Å². The molecule has 0 aliphatic heterocycles. The molecule has 3 aromatic rings. The van der Waals surface area contributed by atoms with Gasteiger partial charge in [0, 0.05) is 22.8 Å². The van der Waals surface area contributed by atoms with E-state index in [1.54, 1.807) is 24.3 Å². The minimum absolute atomic E-state index is 0.0889. The third-order valence-electron chi connectivity index (χ3n) is 3.84. The van der Waals surface area contributed by atoms with E-state index < -0.39 is 10.0 Å². The summed E-state index contributed by atoms with van der Waals surface area (Å²) < 4.78 is 26.0. The Morgan fingerprint density at radius 3 is 2.17 bits per heavy atom. The lowest BCUT2D eigenvalue weighted by Gasteiger charge is -2.09. The van der Waals surface area contributed by atoms with Crippen LogP contribution in [0.2, 0.25) is 0 Å². The fourth-order valence-electron chi connectivity index (χ4n) is 2.46. The minimum atomic E-state index is -3.71. The van der Waals surface area contributed by atoms with Crippen LogP contribution in [0.25, 0.3) is 0 Å². The lowest BCUT2D eigenvalue weighted by Crippen LogP contribution is -2.19. The Morgan fingerprint density at radius 2 is 1.52 bits per heavy atom. The molecular weight excluding hydrogens is 408 g/mol. The molecule has 29 heavy (non-hydrogen) atoms. The fraction of sp³-hybridized carbons (Fsp3) is 0.0500. The highest BCUT2D eigenvalue weighted by Crippen LogP contribution is 2.19. The largest absolute Gasteiger partial charge is 0.323 e. The van der Waals surface area contributed by atoms with Crippen LogP contribution in [0.1, 0.15) is 5.56 Å². The first kappa shape index (κ1) is 20.9. The summed E-state index contributed by atoms with van der Waals surface area (Å²) in [6.45, 7) is 0.466. The zero-order valence-electron chi connectivity index (χ0n) is 15.3. The van der Waals surface area contributed by atoms with Gasteiger partial charge in [0.25, 0.3) is 0 Å². The highest BCUT2D eigenvalue weighted by Gasteiger charge is 2.08. The number of benzene rings is 3. The van der Waals surface area contributed by atoms with Crippen molar-refractivity contribution in [1.29, 1.82) is 0 Å². The summed E-state index contributed by atoms with van der Waals surface area (Å²) in [6.07, 6.45) is 0. The summed E-state index contributed by atoms with van der Waals surface area (Å²) in [4.78, 5) is 13.0. The van der Waals surface area contributed by atoms with E-state index in [1.165, 1.54) is 18.0 Å². The molecule has 9 heteroatoms. The molecule has 7 nitrogen and oxygen atoms in total. The predicted octanol–water partition coefficient (Wildman–Crippen LogP) is 3.77. The first-order valence-electron chi connectivity index (χ1n) is 8.65. The number of para-hydroxylation sites is 1. The van der Waals surface area contributed by atoms with E-state index in [-0.39, 0.29) is 10.9 Å². The number of primary sulfonamides is 1. The summed E-state index contributed by atoms with van der Waals surface area (Å²) in [5.74, 6) is 0. The summed E-state index contributed by atoms with van der Waals surface area (Å²) >= 11 is 1.40. The van der Waals surface area contributed by atoms with Crippen LogP contribution in [0.5, 0.6) is 0 Å². The van der Waals surface area contributed by atoms with Gasteiger partial charge in [-0.1, -0.05) is 30.3 Å². The number of urea groups is 1. The van der Waals surface area contributed by atoms with Crippen LogP contribution in [0.4, 0.5) is 16.2 Å². The zero-order chi connectivity index (χ0) is 20.7. The quantitative estimate of drug-likeness (QED) is 0.428. The number of hydrogen-bond donors (Lipinski definition) is 4. The molecule has 0 fully saturated rings. The third kappa shape index (κ3) is 6.61. The molecular formula is C20H20N4O3S2. The third-order valence-corrected chi connectivity index (χ3v) is 5.54. The van der Waals surface area contributed by atoms with Crippen LogP contribution < -0.4 is 20.5 Å². The lowest BCUT2D eigenvalue weighted by molar-refractivity contribution is 0.262. The van der Waals surface area contributed by atoms with Crippen molar-refractivity contribution in [2.75, 3.05) is 10.6 Å². The van der Waals surface area contributed by atoms with Crippen molar-refractivity contribution in [2.45, 2.75) is 16.3 Å². The zero-order valence-corrected chi connectivity index (χ0v) is 17.0. The highest BCUT2D eigenvalue weighted by molar-refractivity contribution is 7.97. The number of rotatable bonds is 7. The number of carbonyl (C=O) groups is 1. The van der Waals surface area contributed by atoms with Gasteiger partial charge < -0.3 is 10.6 Å². The van der Waals surface area contributed by atoms with Gasteiger partial charge in [-0.15, -0.1) is 0 Å². The number of nitrogens with two attached hydrogens (primary N) is 1. The van der Waals surface area contributed by atoms with Gasteiger partial charge in [0.15, 0.2) is 0 Å². The van der Waals surface area contributed by atoms with Crippen molar-refractivity contribution in [1.82, 2.24) is 4.72 Å². The molecule has 3 rings (SSSR count). The second-order valence-electron chi connectivity index (χ2n) is 6.09. The summed E-state index contributed by atoms with van der Waals surface area (Å²) in [5, 5.41) is 10.7. The average Bonchev–Trinajstić information content (AvgIpc) is 2.70. The number of anilines is 2. The Bertz CT molecular complexity index is 1070. The van der Waals surface area contributed by atoms with Gasteiger partial charge in [-0.2, -0.15) is 0 Å². The first-order chi connectivity index (χ1) is 13.9. The molecule has 0 aliphatic carbocycles. The van der Waals surface area contributed by atoms with E-state index >= 15 is 0 Å². The molecule has 5 N–H and O–H groups in total. The monoisotopic (exact) mass is 428 g/mol. The number of nitrogens with one attached hydrogen (secondary N) is 3. The highest BCUT2D eigenvalue weighted by atomic mass is 32.2. The minimum Gasteiger partial charge on any atom is -0.308 e. The maximum Gasteiger partial charge on any atom is 0.323 e. The van der Waals surface area contributed by atoms with E-state index in [2.05, 4.69) is 15.4 Å². The van der Waals surface area contributed by atoms with Crippen LogP contribution in [-0.4, -0.2) is 14.4 Å². The van der Waals surface area contributed by atoms with Gasteiger partial charge in [0.1, 0.15) is 0 Å². The molecule has 0 unspecified atom stereocenters. The van der Waals surface area contributed by atoms with Gasteiger partial charge in [-0.25, -0.2) is 18.4 Å². The Kier molecular flexibility index (Phi) is 6.89. The van der Waals surface area contributed by atoms with Crippen LogP contribution >= 0.6 is 11.9 Å². The SMILES string of the molecule is NS(=O)(=O)c1cccc(CNSc2ccc(NC(=O)Nc3ccccc3)cc2)c1. The van der Waals surface area contributed by atoms with Crippen LogP contribution in [0.3, 0.4) is 0 Å². The van der Waals surface area contributed by atoms with E-state index in [0.717, 1.165) is 10.5 Å². The van der Waals surface area contributed by atoms with Gasteiger partial charge in [0.2, 0.25) is 10.0 Å². The standard InChI is InChI=1S/C20H20N4O3S2/c21-29(26,27)19-8-4-5-15(13-19)14-22-28-18-11-9-17(10-12-18)24-20(25)23-16-6-2-1-3-7-16/h1-13,22H,14H2,(H2,21,26,27)(H2,23,24,25). The summed E-state index contributed by atoms with van der Waals surface area (Å²) in [7, 11) is -3.71. The molecule has 150 valence electrons. The number of hydrogen-bond acceptors (Lipinski definition) is 5. The average molecular weight is 429 g/mol. The predicted molar refractivity (Wildman–Crippen MR) is 116 cm³/mol. The molecule has 0 aliphatic rings.